The van der Waals surface area contributed by atoms with Crippen molar-refractivity contribution >= 4 is 22.6 Å². The van der Waals surface area contributed by atoms with Crippen molar-refractivity contribution < 1.29 is 8.42 Å². The van der Waals surface area contributed by atoms with E-state index in [0.717, 1.165) is 25.8 Å². The molecule has 0 bridgehead atoms. The highest BCUT2D eigenvalue weighted by Crippen LogP contribution is 2.17. The Morgan fingerprint density at radius 3 is 2.71 bits per heavy atom. The molecule has 0 aromatic rings. The number of nitrogens with one attached hydrogen (secondary N) is 2. The first-order valence-electron chi connectivity index (χ1n) is 5.99. The summed E-state index contributed by atoms with van der Waals surface area (Å²) in [5.41, 5.74) is 0. The van der Waals surface area contributed by atoms with Crippen LogP contribution in [0.4, 0.5) is 0 Å². The Morgan fingerprint density at radius 2 is 2.12 bits per heavy atom. The third kappa shape index (κ3) is 5.52. The van der Waals surface area contributed by atoms with Crippen LogP contribution in [0.2, 0.25) is 0 Å². The fourth-order valence-corrected chi connectivity index (χ4v) is 3.44. The largest absolute Gasteiger partial charge is 0.319 e. The quantitative estimate of drug-likeness (QED) is 0.751. The van der Waals surface area contributed by atoms with Crippen LogP contribution in [0, 0.1) is 5.92 Å². The van der Waals surface area contributed by atoms with Gasteiger partial charge < -0.3 is 5.32 Å². The van der Waals surface area contributed by atoms with E-state index in [1.54, 1.807) is 4.31 Å². The fraction of sp³-hybridized carbons (Fsp3) is 1.00. The molecule has 0 aromatic carbocycles. The van der Waals surface area contributed by atoms with Crippen molar-refractivity contribution in [2.24, 2.45) is 5.92 Å². The molecule has 1 unspecified atom stereocenters. The lowest BCUT2D eigenvalue weighted by Crippen LogP contribution is -2.47. The monoisotopic (exact) mass is 285 g/mol. The minimum atomic E-state index is -3.24. The predicted molar refractivity (Wildman–Crippen MR) is 72.7 cm³/mol. The molecule has 0 radical (unpaired) electrons. The predicted octanol–water partition coefficient (Wildman–Crippen LogP) is 0.584. The van der Waals surface area contributed by atoms with Crippen molar-refractivity contribution in [3.63, 3.8) is 0 Å². The van der Waals surface area contributed by atoms with Crippen LogP contribution in [0.1, 0.15) is 26.2 Å². The van der Waals surface area contributed by atoms with Gasteiger partial charge in [0.25, 0.3) is 10.2 Å². The van der Waals surface area contributed by atoms with Crippen LogP contribution in [-0.4, -0.2) is 45.9 Å². The van der Waals surface area contributed by atoms with E-state index in [2.05, 4.69) is 10.0 Å². The zero-order valence-electron chi connectivity index (χ0n) is 10.6. The minimum absolute atomic E-state index is 0. The maximum Gasteiger partial charge on any atom is 0.279 e. The molecule has 0 aromatic heterocycles. The molecule has 1 rings (SSSR count). The van der Waals surface area contributed by atoms with Crippen LogP contribution in [-0.2, 0) is 10.2 Å². The van der Waals surface area contributed by atoms with Crippen LogP contribution in [0.25, 0.3) is 0 Å². The van der Waals surface area contributed by atoms with Crippen LogP contribution < -0.4 is 10.0 Å². The summed E-state index contributed by atoms with van der Waals surface area (Å²) in [6.45, 7) is 4.66. The molecule has 1 heterocycles. The Bertz CT molecular complexity index is 296. The summed E-state index contributed by atoms with van der Waals surface area (Å²) in [6.07, 6.45) is 2.90. The highest BCUT2D eigenvalue weighted by molar-refractivity contribution is 7.87. The Hall–Kier alpha value is 0.120. The zero-order chi connectivity index (χ0) is 12.0. The summed E-state index contributed by atoms with van der Waals surface area (Å²) in [5.74, 6) is 0.442. The van der Waals surface area contributed by atoms with E-state index in [0.29, 0.717) is 25.6 Å². The van der Waals surface area contributed by atoms with Crippen molar-refractivity contribution in [3.05, 3.63) is 0 Å². The molecule has 0 saturated carbocycles. The Morgan fingerprint density at radius 1 is 1.41 bits per heavy atom. The highest BCUT2D eigenvalue weighted by Gasteiger charge is 2.27. The van der Waals surface area contributed by atoms with E-state index in [9.17, 15) is 8.42 Å². The van der Waals surface area contributed by atoms with Crippen LogP contribution in [0.15, 0.2) is 0 Å². The third-order valence-corrected chi connectivity index (χ3v) is 4.43. The molecule has 1 fully saturated rings. The van der Waals surface area contributed by atoms with E-state index >= 15 is 0 Å². The second-order valence-electron chi connectivity index (χ2n) is 4.32. The van der Waals surface area contributed by atoms with Gasteiger partial charge in [0, 0.05) is 19.6 Å². The Labute approximate surface area is 111 Å². The summed E-state index contributed by atoms with van der Waals surface area (Å²) < 4.78 is 28.0. The SMILES string of the molecule is CCCNS(=O)(=O)N1CCCC(CNC)C1.Cl. The first kappa shape index (κ1) is 17.1. The summed E-state index contributed by atoms with van der Waals surface area (Å²) in [6, 6.07) is 0. The third-order valence-electron chi connectivity index (χ3n) is 2.85. The van der Waals surface area contributed by atoms with Crippen molar-refractivity contribution in [3.8, 4) is 0 Å². The lowest BCUT2D eigenvalue weighted by atomic mass is 10.00. The number of nitrogens with zero attached hydrogens (tertiary/aromatic N) is 1. The molecule has 0 aliphatic carbocycles. The molecule has 1 aliphatic heterocycles. The molecule has 104 valence electrons. The molecular formula is C10H24ClN3O2S. The van der Waals surface area contributed by atoms with E-state index < -0.39 is 10.2 Å². The number of halogens is 1. The van der Waals surface area contributed by atoms with Gasteiger partial charge in [-0.3, -0.25) is 0 Å². The highest BCUT2D eigenvalue weighted by atomic mass is 35.5. The Balaban J connectivity index is 0.00000256. The standard InChI is InChI=1S/C10H23N3O2S.ClH/c1-3-6-12-16(14,15)13-7-4-5-10(9-13)8-11-2;/h10-12H,3-9H2,1-2H3;1H. The molecule has 5 nitrogen and oxygen atoms in total. The topological polar surface area (TPSA) is 61.4 Å². The van der Waals surface area contributed by atoms with E-state index in [1.807, 2.05) is 14.0 Å². The number of hydrogen-bond donors (Lipinski definition) is 2. The molecular weight excluding hydrogens is 262 g/mol. The van der Waals surface area contributed by atoms with Gasteiger partial charge in [0.1, 0.15) is 0 Å². The first-order valence-corrected chi connectivity index (χ1v) is 7.43. The van der Waals surface area contributed by atoms with Crippen molar-refractivity contribution in [1.82, 2.24) is 14.3 Å². The average Bonchev–Trinajstić information content (AvgIpc) is 2.27. The minimum Gasteiger partial charge on any atom is -0.319 e. The molecule has 17 heavy (non-hydrogen) atoms. The average molecular weight is 286 g/mol. The summed E-state index contributed by atoms with van der Waals surface area (Å²) in [5, 5.41) is 3.11. The zero-order valence-corrected chi connectivity index (χ0v) is 12.2. The van der Waals surface area contributed by atoms with Gasteiger partial charge >= 0.3 is 0 Å². The Kier molecular flexibility index (Phi) is 8.32. The maximum atomic E-state index is 11.9. The van der Waals surface area contributed by atoms with E-state index in [1.165, 1.54) is 0 Å². The molecule has 0 amide bonds. The number of piperidine rings is 1. The molecule has 1 atom stereocenters. The van der Waals surface area contributed by atoms with Crippen molar-refractivity contribution in [2.75, 3.05) is 33.2 Å². The normalized spacial score (nSPS) is 22.1. The summed E-state index contributed by atoms with van der Waals surface area (Å²) >= 11 is 0. The molecule has 2 N–H and O–H groups in total. The number of rotatable bonds is 6. The molecule has 0 spiro atoms. The fourth-order valence-electron chi connectivity index (χ4n) is 2.02. The maximum absolute atomic E-state index is 11.9. The van der Waals surface area contributed by atoms with Crippen LogP contribution >= 0.6 is 12.4 Å². The van der Waals surface area contributed by atoms with Crippen molar-refractivity contribution in [2.45, 2.75) is 26.2 Å². The van der Waals surface area contributed by atoms with Gasteiger partial charge in [-0.25, -0.2) is 4.72 Å². The molecule has 1 saturated heterocycles. The van der Waals surface area contributed by atoms with Gasteiger partial charge in [-0.1, -0.05) is 6.92 Å². The second kappa shape index (κ2) is 8.26. The van der Waals surface area contributed by atoms with Gasteiger partial charge in [0.05, 0.1) is 0 Å². The first-order chi connectivity index (χ1) is 7.60. The van der Waals surface area contributed by atoms with E-state index in [4.69, 9.17) is 0 Å². The molecule has 7 heteroatoms. The summed E-state index contributed by atoms with van der Waals surface area (Å²) in [7, 11) is -1.34. The lowest BCUT2D eigenvalue weighted by Gasteiger charge is -2.31. The second-order valence-corrected chi connectivity index (χ2v) is 6.08. The molecule has 1 aliphatic rings. The van der Waals surface area contributed by atoms with E-state index in [-0.39, 0.29) is 12.4 Å². The van der Waals surface area contributed by atoms with Gasteiger partial charge in [-0.15, -0.1) is 12.4 Å². The van der Waals surface area contributed by atoms with Crippen LogP contribution in [0.5, 0.6) is 0 Å². The van der Waals surface area contributed by atoms with Crippen LogP contribution in [0.3, 0.4) is 0 Å². The van der Waals surface area contributed by atoms with Gasteiger partial charge in [0.15, 0.2) is 0 Å². The van der Waals surface area contributed by atoms with Gasteiger partial charge in [-0.05, 0) is 38.8 Å². The van der Waals surface area contributed by atoms with Gasteiger partial charge in [0.2, 0.25) is 0 Å². The lowest BCUT2D eigenvalue weighted by molar-refractivity contribution is 0.261. The van der Waals surface area contributed by atoms with Gasteiger partial charge in [-0.2, -0.15) is 12.7 Å². The number of hydrogen-bond acceptors (Lipinski definition) is 3. The van der Waals surface area contributed by atoms with Crippen molar-refractivity contribution in [1.29, 1.82) is 0 Å². The summed E-state index contributed by atoms with van der Waals surface area (Å²) in [4.78, 5) is 0. The smallest absolute Gasteiger partial charge is 0.279 e.